The van der Waals surface area contributed by atoms with Gasteiger partial charge in [-0.05, 0) is 36.2 Å². The first-order valence-electron chi connectivity index (χ1n) is 6.63. The molecule has 0 radical (unpaired) electrons. The fourth-order valence-electron chi connectivity index (χ4n) is 1.98. The van der Waals surface area contributed by atoms with Crippen molar-refractivity contribution < 1.29 is 0 Å². The molecule has 100 valence electrons. The van der Waals surface area contributed by atoms with Crippen molar-refractivity contribution in [3.63, 3.8) is 0 Å². The van der Waals surface area contributed by atoms with E-state index >= 15 is 0 Å². The molecule has 19 heavy (non-hydrogen) atoms. The van der Waals surface area contributed by atoms with Gasteiger partial charge in [0.15, 0.2) is 0 Å². The van der Waals surface area contributed by atoms with E-state index in [1.54, 1.807) is 6.20 Å². The second-order valence-electron chi connectivity index (χ2n) is 4.80. The van der Waals surface area contributed by atoms with Gasteiger partial charge in [0.05, 0.1) is 0 Å². The number of anilines is 1. The summed E-state index contributed by atoms with van der Waals surface area (Å²) in [5.41, 5.74) is 3.79. The Balaban J connectivity index is 1.74. The van der Waals surface area contributed by atoms with Crippen LogP contribution in [0.15, 0.2) is 48.8 Å². The smallest absolute Gasteiger partial charge is 0.0366 e. The summed E-state index contributed by atoms with van der Waals surface area (Å²) in [6, 6.07) is 12.6. The SMILES string of the molecule is Cc1cccc(N(C)CCNCc2cccnc2)c1. The second-order valence-corrected chi connectivity index (χ2v) is 4.80. The number of nitrogens with one attached hydrogen (secondary N) is 1. The minimum absolute atomic E-state index is 0.871. The van der Waals surface area contributed by atoms with Crippen LogP contribution >= 0.6 is 0 Å². The number of hydrogen-bond donors (Lipinski definition) is 1. The molecule has 3 heteroatoms. The highest BCUT2D eigenvalue weighted by atomic mass is 15.1. The molecule has 1 heterocycles. The zero-order chi connectivity index (χ0) is 13.5. The summed E-state index contributed by atoms with van der Waals surface area (Å²) in [4.78, 5) is 6.37. The number of likely N-dealkylation sites (N-methyl/N-ethyl adjacent to an activating group) is 1. The number of nitrogens with zero attached hydrogens (tertiary/aromatic N) is 2. The lowest BCUT2D eigenvalue weighted by Gasteiger charge is -2.20. The molecule has 0 atom stereocenters. The van der Waals surface area contributed by atoms with Crippen LogP contribution in [-0.2, 0) is 6.54 Å². The molecule has 0 aliphatic heterocycles. The van der Waals surface area contributed by atoms with Crippen molar-refractivity contribution in [1.82, 2.24) is 10.3 Å². The lowest BCUT2D eigenvalue weighted by atomic mass is 10.2. The Morgan fingerprint density at radius 1 is 1.21 bits per heavy atom. The molecule has 0 spiro atoms. The van der Waals surface area contributed by atoms with E-state index in [2.05, 4.69) is 59.5 Å². The predicted octanol–water partition coefficient (Wildman–Crippen LogP) is 2.62. The fourth-order valence-corrected chi connectivity index (χ4v) is 1.98. The lowest BCUT2D eigenvalue weighted by molar-refractivity contribution is 0.678. The van der Waals surface area contributed by atoms with Crippen molar-refractivity contribution in [1.29, 1.82) is 0 Å². The van der Waals surface area contributed by atoms with Gasteiger partial charge in [0.1, 0.15) is 0 Å². The molecule has 0 unspecified atom stereocenters. The summed E-state index contributed by atoms with van der Waals surface area (Å²) in [6.07, 6.45) is 3.70. The highest BCUT2D eigenvalue weighted by Crippen LogP contribution is 2.13. The Morgan fingerprint density at radius 2 is 2.11 bits per heavy atom. The van der Waals surface area contributed by atoms with Crippen LogP contribution in [0.3, 0.4) is 0 Å². The van der Waals surface area contributed by atoms with E-state index in [1.807, 2.05) is 12.3 Å². The number of hydrogen-bond acceptors (Lipinski definition) is 3. The Bertz CT molecular complexity index is 496. The lowest BCUT2D eigenvalue weighted by Crippen LogP contribution is -2.28. The normalized spacial score (nSPS) is 10.4. The Kier molecular flexibility index (Phi) is 4.93. The molecule has 0 amide bonds. The van der Waals surface area contributed by atoms with Gasteiger partial charge in [0.2, 0.25) is 0 Å². The molecule has 1 aromatic heterocycles. The van der Waals surface area contributed by atoms with Gasteiger partial charge in [-0.2, -0.15) is 0 Å². The van der Waals surface area contributed by atoms with Crippen LogP contribution in [0.5, 0.6) is 0 Å². The Labute approximate surface area is 115 Å². The highest BCUT2D eigenvalue weighted by molar-refractivity contribution is 5.47. The molecule has 3 nitrogen and oxygen atoms in total. The van der Waals surface area contributed by atoms with E-state index in [4.69, 9.17) is 0 Å². The maximum absolute atomic E-state index is 4.11. The van der Waals surface area contributed by atoms with Crippen molar-refractivity contribution in [2.45, 2.75) is 13.5 Å². The number of aryl methyl sites for hydroxylation is 1. The summed E-state index contributed by atoms with van der Waals surface area (Å²) in [5.74, 6) is 0. The minimum Gasteiger partial charge on any atom is -0.373 e. The van der Waals surface area contributed by atoms with E-state index in [-0.39, 0.29) is 0 Å². The predicted molar refractivity (Wildman–Crippen MR) is 80.4 cm³/mol. The molecular formula is C16H21N3. The average Bonchev–Trinajstić information content (AvgIpc) is 2.44. The maximum atomic E-state index is 4.11. The third-order valence-corrected chi connectivity index (χ3v) is 3.12. The van der Waals surface area contributed by atoms with Gasteiger partial charge in [-0.25, -0.2) is 0 Å². The maximum Gasteiger partial charge on any atom is 0.0366 e. The molecule has 0 saturated carbocycles. The van der Waals surface area contributed by atoms with Gasteiger partial charge in [0.25, 0.3) is 0 Å². The van der Waals surface area contributed by atoms with E-state index in [0.717, 1.165) is 19.6 Å². The van der Waals surface area contributed by atoms with Crippen molar-refractivity contribution in [3.8, 4) is 0 Å². The van der Waals surface area contributed by atoms with Gasteiger partial charge in [-0.15, -0.1) is 0 Å². The molecular weight excluding hydrogens is 234 g/mol. The second kappa shape index (κ2) is 6.90. The molecule has 1 N–H and O–H groups in total. The first kappa shape index (κ1) is 13.6. The quantitative estimate of drug-likeness (QED) is 0.804. The molecule has 2 aromatic rings. The zero-order valence-electron chi connectivity index (χ0n) is 11.6. The summed E-state index contributed by atoms with van der Waals surface area (Å²) >= 11 is 0. The van der Waals surface area contributed by atoms with E-state index in [0.29, 0.717) is 0 Å². The van der Waals surface area contributed by atoms with Crippen molar-refractivity contribution in [2.24, 2.45) is 0 Å². The number of pyridine rings is 1. The van der Waals surface area contributed by atoms with Crippen LogP contribution in [0.2, 0.25) is 0 Å². The highest BCUT2D eigenvalue weighted by Gasteiger charge is 2.00. The average molecular weight is 255 g/mol. The molecule has 0 bridgehead atoms. The van der Waals surface area contributed by atoms with Crippen molar-refractivity contribution in [3.05, 3.63) is 59.9 Å². The van der Waals surface area contributed by atoms with Crippen LogP contribution in [0, 0.1) is 6.92 Å². The molecule has 2 rings (SSSR count). The van der Waals surface area contributed by atoms with Gasteiger partial charge < -0.3 is 10.2 Å². The zero-order valence-corrected chi connectivity index (χ0v) is 11.6. The minimum atomic E-state index is 0.871. The van der Waals surface area contributed by atoms with Crippen LogP contribution in [0.25, 0.3) is 0 Å². The van der Waals surface area contributed by atoms with E-state index in [9.17, 15) is 0 Å². The topological polar surface area (TPSA) is 28.2 Å². The molecule has 0 fully saturated rings. The van der Waals surface area contributed by atoms with Gasteiger partial charge in [-0.1, -0.05) is 18.2 Å². The largest absolute Gasteiger partial charge is 0.373 e. The Morgan fingerprint density at radius 3 is 2.84 bits per heavy atom. The number of aromatic nitrogens is 1. The van der Waals surface area contributed by atoms with Crippen molar-refractivity contribution in [2.75, 3.05) is 25.0 Å². The summed E-state index contributed by atoms with van der Waals surface area (Å²) < 4.78 is 0. The van der Waals surface area contributed by atoms with Crippen LogP contribution in [0.4, 0.5) is 5.69 Å². The van der Waals surface area contributed by atoms with E-state index in [1.165, 1.54) is 16.8 Å². The summed E-state index contributed by atoms with van der Waals surface area (Å²) in [5, 5.41) is 3.44. The van der Waals surface area contributed by atoms with Crippen LogP contribution in [-0.4, -0.2) is 25.1 Å². The van der Waals surface area contributed by atoms with Gasteiger partial charge in [0, 0.05) is 44.8 Å². The van der Waals surface area contributed by atoms with Crippen LogP contribution in [0.1, 0.15) is 11.1 Å². The van der Waals surface area contributed by atoms with Gasteiger partial charge in [-0.3, -0.25) is 4.98 Å². The summed E-state index contributed by atoms with van der Waals surface area (Å²) in [7, 11) is 2.13. The third kappa shape index (κ3) is 4.38. The third-order valence-electron chi connectivity index (χ3n) is 3.12. The van der Waals surface area contributed by atoms with Crippen LogP contribution < -0.4 is 10.2 Å². The number of benzene rings is 1. The fraction of sp³-hybridized carbons (Fsp3) is 0.312. The standard InChI is InChI=1S/C16H21N3/c1-14-5-3-7-16(11-14)19(2)10-9-18-13-15-6-4-8-17-12-15/h3-8,11-12,18H,9-10,13H2,1-2H3. The van der Waals surface area contributed by atoms with Crippen molar-refractivity contribution >= 4 is 5.69 Å². The Hall–Kier alpha value is -1.87. The summed E-state index contributed by atoms with van der Waals surface area (Å²) in [6.45, 7) is 4.94. The first-order valence-corrected chi connectivity index (χ1v) is 6.63. The number of rotatable bonds is 6. The monoisotopic (exact) mass is 255 g/mol. The molecule has 1 aromatic carbocycles. The van der Waals surface area contributed by atoms with Gasteiger partial charge >= 0.3 is 0 Å². The first-order chi connectivity index (χ1) is 9.25. The van der Waals surface area contributed by atoms with E-state index < -0.39 is 0 Å². The molecule has 0 aliphatic carbocycles. The molecule has 0 aliphatic rings. The molecule has 0 saturated heterocycles.